The van der Waals surface area contributed by atoms with Gasteiger partial charge in [0.25, 0.3) is 5.91 Å². The Morgan fingerprint density at radius 3 is 2.57 bits per heavy atom. The van der Waals surface area contributed by atoms with Crippen LogP contribution < -0.4 is 10.1 Å². The number of halogens is 1. The summed E-state index contributed by atoms with van der Waals surface area (Å²) in [5.74, 6) is 0.706. The molecule has 3 rings (SSSR count). The fourth-order valence-electron chi connectivity index (χ4n) is 3.13. The zero-order valence-corrected chi connectivity index (χ0v) is 14.8. The van der Waals surface area contributed by atoms with Gasteiger partial charge in [0.2, 0.25) is 0 Å². The molecule has 23 heavy (non-hydrogen) atoms. The third kappa shape index (κ3) is 4.71. The lowest BCUT2D eigenvalue weighted by molar-refractivity contribution is -0.123. The first-order valence-corrected chi connectivity index (χ1v) is 9.11. The van der Waals surface area contributed by atoms with E-state index in [0.29, 0.717) is 6.04 Å². The first-order chi connectivity index (χ1) is 11.2. The van der Waals surface area contributed by atoms with Gasteiger partial charge in [-0.2, -0.15) is 0 Å². The molecule has 122 valence electrons. The van der Waals surface area contributed by atoms with Gasteiger partial charge in [-0.3, -0.25) is 4.79 Å². The highest BCUT2D eigenvalue weighted by Crippen LogP contribution is 2.24. The van der Waals surface area contributed by atoms with Gasteiger partial charge >= 0.3 is 0 Å². The number of amides is 1. The number of hydrogen-bond donors (Lipinski definition) is 1. The second-order valence-electron chi connectivity index (χ2n) is 6.20. The zero-order valence-electron chi connectivity index (χ0n) is 13.2. The molecule has 0 bridgehead atoms. The molecule has 0 spiro atoms. The number of carbonyl (C=O) groups is 1. The van der Waals surface area contributed by atoms with Crippen LogP contribution >= 0.6 is 15.9 Å². The number of hydrogen-bond acceptors (Lipinski definition) is 2. The van der Waals surface area contributed by atoms with Gasteiger partial charge in [-0.05, 0) is 47.9 Å². The van der Waals surface area contributed by atoms with Crippen LogP contribution in [0.1, 0.15) is 38.5 Å². The average Bonchev–Trinajstić information content (AvgIpc) is 2.81. The molecule has 0 saturated heterocycles. The van der Waals surface area contributed by atoms with Gasteiger partial charge in [-0.15, -0.1) is 0 Å². The molecule has 3 nitrogen and oxygen atoms in total. The van der Waals surface area contributed by atoms with Gasteiger partial charge in [0.1, 0.15) is 5.75 Å². The maximum Gasteiger partial charge on any atom is 0.258 e. The van der Waals surface area contributed by atoms with Crippen LogP contribution in [0.15, 0.2) is 40.9 Å². The maximum atomic E-state index is 12.1. The van der Waals surface area contributed by atoms with E-state index in [4.69, 9.17) is 4.74 Å². The van der Waals surface area contributed by atoms with Crippen molar-refractivity contribution < 1.29 is 9.53 Å². The van der Waals surface area contributed by atoms with E-state index in [1.807, 2.05) is 30.3 Å². The summed E-state index contributed by atoms with van der Waals surface area (Å²) in [6.45, 7) is 0.0794. The summed E-state index contributed by atoms with van der Waals surface area (Å²) in [4.78, 5) is 12.1. The monoisotopic (exact) mass is 375 g/mol. The van der Waals surface area contributed by atoms with E-state index in [2.05, 4.69) is 27.3 Å². The largest absolute Gasteiger partial charge is 0.484 e. The third-order valence-electron chi connectivity index (χ3n) is 4.36. The molecule has 2 aromatic carbocycles. The van der Waals surface area contributed by atoms with Crippen LogP contribution in [0.25, 0.3) is 10.8 Å². The topological polar surface area (TPSA) is 38.3 Å². The Bertz CT molecular complexity index is 678. The molecular formula is C19H22BrNO2. The van der Waals surface area contributed by atoms with Crippen LogP contribution in [0.5, 0.6) is 5.75 Å². The first kappa shape index (κ1) is 16.3. The molecular weight excluding hydrogens is 354 g/mol. The molecule has 0 atom stereocenters. The first-order valence-electron chi connectivity index (χ1n) is 8.32. The Kier molecular flexibility index (Phi) is 5.55. The summed E-state index contributed by atoms with van der Waals surface area (Å²) >= 11 is 3.48. The highest BCUT2D eigenvalue weighted by molar-refractivity contribution is 9.10. The molecule has 0 radical (unpaired) electrons. The fraction of sp³-hybridized carbons (Fsp3) is 0.421. The van der Waals surface area contributed by atoms with Gasteiger partial charge in [-0.25, -0.2) is 0 Å². The zero-order chi connectivity index (χ0) is 16.1. The Morgan fingerprint density at radius 1 is 1.04 bits per heavy atom. The van der Waals surface area contributed by atoms with Crippen molar-refractivity contribution in [1.29, 1.82) is 0 Å². The number of ether oxygens (including phenoxy) is 1. The van der Waals surface area contributed by atoms with Crippen molar-refractivity contribution in [3.63, 3.8) is 0 Å². The standard InChI is InChI=1S/C19H22BrNO2/c20-16-9-7-14-8-10-18(12-15(14)11-16)23-13-19(22)21-17-5-3-1-2-4-6-17/h7-12,17H,1-6,13H2,(H,21,22). The highest BCUT2D eigenvalue weighted by atomic mass is 79.9. The number of rotatable bonds is 4. The quantitative estimate of drug-likeness (QED) is 0.777. The molecule has 4 heteroatoms. The van der Waals surface area contributed by atoms with Crippen molar-refractivity contribution in [2.75, 3.05) is 6.61 Å². The molecule has 1 amide bonds. The normalized spacial score (nSPS) is 16.0. The van der Waals surface area contributed by atoms with Crippen LogP contribution in [-0.2, 0) is 4.79 Å². The van der Waals surface area contributed by atoms with Crippen molar-refractivity contribution in [2.45, 2.75) is 44.6 Å². The van der Waals surface area contributed by atoms with Crippen molar-refractivity contribution in [3.8, 4) is 5.75 Å². The smallest absolute Gasteiger partial charge is 0.258 e. The Labute approximate surface area is 145 Å². The van der Waals surface area contributed by atoms with Crippen molar-refractivity contribution in [1.82, 2.24) is 5.32 Å². The minimum atomic E-state index is -0.0220. The van der Waals surface area contributed by atoms with Gasteiger partial charge in [0, 0.05) is 10.5 Å². The van der Waals surface area contributed by atoms with Crippen molar-refractivity contribution >= 4 is 32.6 Å². The van der Waals surface area contributed by atoms with E-state index in [9.17, 15) is 4.79 Å². The van der Waals surface area contributed by atoms with E-state index in [1.54, 1.807) is 0 Å². The summed E-state index contributed by atoms with van der Waals surface area (Å²) < 4.78 is 6.70. The van der Waals surface area contributed by atoms with E-state index >= 15 is 0 Å². The van der Waals surface area contributed by atoms with E-state index in [1.165, 1.54) is 25.7 Å². The second kappa shape index (κ2) is 7.82. The number of nitrogens with one attached hydrogen (secondary N) is 1. The lowest BCUT2D eigenvalue weighted by atomic mass is 10.1. The van der Waals surface area contributed by atoms with Crippen LogP contribution in [0.4, 0.5) is 0 Å². The molecule has 0 aliphatic heterocycles. The summed E-state index contributed by atoms with van der Waals surface area (Å²) in [5, 5.41) is 5.36. The van der Waals surface area contributed by atoms with Gasteiger partial charge < -0.3 is 10.1 Å². The van der Waals surface area contributed by atoms with Crippen molar-refractivity contribution in [2.24, 2.45) is 0 Å². The third-order valence-corrected chi connectivity index (χ3v) is 4.86. The molecule has 2 aromatic rings. The molecule has 0 unspecified atom stereocenters. The lowest BCUT2D eigenvalue weighted by Crippen LogP contribution is -2.37. The molecule has 1 N–H and O–H groups in total. The SMILES string of the molecule is O=C(COc1ccc2ccc(Br)cc2c1)NC1CCCCCC1. The van der Waals surface area contributed by atoms with Crippen molar-refractivity contribution in [3.05, 3.63) is 40.9 Å². The highest BCUT2D eigenvalue weighted by Gasteiger charge is 2.14. The Hall–Kier alpha value is -1.55. The Morgan fingerprint density at radius 2 is 1.78 bits per heavy atom. The minimum absolute atomic E-state index is 0.0220. The van der Waals surface area contributed by atoms with E-state index in [0.717, 1.165) is 33.8 Å². The summed E-state index contributed by atoms with van der Waals surface area (Å²) in [6.07, 6.45) is 7.19. The van der Waals surface area contributed by atoms with E-state index in [-0.39, 0.29) is 12.5 Å². The molecule has 1 aliphatic carbocycles. The summed E-state index contributed by atoms with van der Waals surface area (Å²) in [7, 11) is 0. The minimum Gasteiger partial charge on any atom is -0.484 e. The number of carbonyl (C=O) groups excluding carboxylic acids is 1. The lowest BCUT2D eigenvalue weighted by Gasteiger charge is -2.16. The summed E-state index contributed by atoms with van der Waals surface area (Å²) in [6, 6.07) is 12.3. The number of fused-ring (bicyclic) bond motifs is 1. The maximum absolute atomic E-state index is 12.1. The van der Waals surface area contributed by atoms with Crippen LogP contribution in [0, 0.1) is 0 Å². The second-order valence-corrected chi connectivity index (χ2v) is 7.11. The Balaban J connectivity index is 1.55. The fourth-order valence-corrected chi connectivity index (χ4v) is 3.51. The van der Waals surface area contributed by atoms with E-state index < -0.39 is 0 Å². The molecule has 1 fully saturated rings. The molecule has 1 aliphatic rings. The number of benzene rings is 2. The van der Waals surface area contributed by atoms with Crippen LogP contribution in [0.2, 0.25) is 0 Å². The predicted octanol–water partition coefficient (Wildman–Crippen LogP) is 4.82. The average molecular weight is 376 g/mol. The molecule has 1 saturated carbocycles. The molecule has 0 heterocycles. The van der Waals surface area contributed by atoms with Gasteiger partial charge in [0.05, 0.1) is 0 Å². The predicted molar refractivity (Wildman–Crippen MR) is 96.8 cm³/mol. The summed E-state index contributed by atoms with van der Waals surface area (Å²) in [5.41, 5.74) is 0. The van der Waals surface area contributed by atoms with Gasteiger partial charge in [-0.1, -0.05) is 53.7 Å². The van der Waals surface area contributed by atoms with Crippen LogP contribution in [-0.4, -0.2) is 18.6 Å². The van der Waals surface area contributed by atoms with Crippen LogP contribution in [0.3, 0.4) is 0 Å². The molecule has 0 aromatic heterocycles. The van der Waals surface area contributed by atoms with Gasteiger partial charge in [0.15, 0.2) is 6.61 Å².